The van der Waals surface area contributed by atoms with Crippen LogP contribution in [0.2, 0.25) is 0 Å². The van der Waals surface area contributed by atoms with Crippen LogP contribution in [0.25, 0.3) is 5.57 Å². The fourth-order valence-corrected chi connectivity index (χ4v) is 4.68. The van der Waals surface area contributed by atoms with Crippen LogP contribution in [0.5, 0.6) is 11.5 Å². The molecule has 3 aromatic rings. The molecule has 0 saturated carbocycles. The standard InChI is InChI=1S/C28H26N2O4/c1-3-34-22-14-12-21(13-15-22)30-27(31)25(23-10-6-7-11-24(23)33-2)26(28(30)32)29-17-16-19-8-4-5-9-20(19)18-29/h4-15H,3,16-18H2,1-2H3. The van der Waals surface area contributed by atoms with Gasteiger partial charge in [0.2, 0.25) is 0 Å². The molecule has 6 heteroatoms. The van der Waals surface area contributed by atoms with Gasteiger partial charge in [-0.1, -0.05) is 42.5 Å². The van der Waals surface area contributed by atoms with Crippen molar-refractivity contribution in [3.8, 4) is 11.5 Å². The molecule has 0 aromatic heterocycles. The zero-order valence-electron chi connectivity index (χ0n) is 19.3. The SMILES string of the molecule is CCOc1ccc(N2C(=O)C(c3ccccc3OC)=C(N3CCc4ccccc4C3)C2=O)cc1. The van der Waals surface area contributed by atoms with Crippen LogP contribution >= 0.6 is 0 Å². The summed E-state index contributed by atoms with van der Waals surface area (Å²) in [5.41, 5.74) is 4.36. The van der Waals surface area contributed by atoms with Gasteiger partial charge >= 0.3 is 0 Å². The summed E-state index contributed by atoms with van der Waals surface area (Å²) in [5, 5.41) is 0. The van der Waals surface area contributed by atoms with Crippen molar-refractivity contribution in [3.05, 3.63) is 95.2 Å². The number of imide groups is 1. The smallest absolute Gasteiger partial charge is 0.282 e. The van der Waals surface area contributed by atoms with E-state index in [0.717, 1.165) is 6.42 Å². The zero-order chi connectivity index (χ0) is 23.7. The van der Waals surface area contributed by atoms with Crippen molar-refractivity contribution in [1.29, 1.82) is 0 Å². The Morgan fingerprint density at radius 1 is 0.853 bits per heavy atom. The highest BCUT2D eigenvalue weighted by Gasteiger charge is 2.43. The monoisotopic (exact) mass is 454 g/mol. The Labute approximate surface area is 199 Å². The normalized spacial score (nSPS) is 15.6. The van der Waals surface area contributed by atoms with Gasteiger partial charge in [-0.2, -0.15) is 0 Å². The van der Waals surface area contributed by atoms with E-state index in [0.29, 0.717) is 53.7 Å². The molecule has 0 fully saturated rings. The first-order valence-corrected chi connectivity index (χ1v) is 11.4. The summed E-state index contributed by atoms with van der Waals surface area (Å²) >= 11 is 0. The lowest BCUT2D eigenvalue weighted by Crippen LogP contribution is -2.37. The summed E-state index contributed by atoms with van der Waals surface area (Å²) < 4.78 is 11.1. The maximum atomic E-state index is 13.9. The van der Waals surface area contributed by atoms with Gasteiger partial charge in [0, 0.05) is 18.7 Å². The van der Waals surface area contributed by atoms with Crippen molar-refractivity contribution >= 4 is 23.1 Å². The van der Waals surface area contributed by atoms with Crippen LogP contribution < -0.4 is 14.4 Å². The average Bonchev–Trinajstić information content (AvgIpc) is 3.14. The third kappa shape index (κ3) is 3.71. The second-order valence-corrected chi connectivity index (χ2v) is 8.24. The Bertz CT molecular complexity index is 1280. The Balaban J connectivity index is 1.60. The van der Waals surface area contributed by atoms with E-state index < -0.39 is 0 Å². The molecule has 6 nitrogen and oxygen atoms in total. The van der Waals surface area contributed by atoms with Crippen LogP contribution in [0.4, 0.5) is 5.69 Å². The van der Waals surface area contributed by atoms with Gasteiger partial charge in [-0.05, 0) is 54.8 Å². The number of para-hydroxylation sites is 1. The summed E-state index contributed by atoms with van der Waals surface area (Å²) in [6.07, 6.45) is 0.809. The molecule has 2 amide bonds. The van der Waals surface area contributed by atoms with Crippen LogP contribution in [-0.4, -0.2) is 37.0 Å². The van der Waals surface area contributed by atoms with Gasteiger partial charge in [0.05, 0.1) is 25.0 Å². The molecule has 0 unspecified atom stereocenters. The molecule has 172 valence electrons. The minimum absolute atomic E-state index is 0.325. The highest BCUT2D eigenvalue weighted by Crippen LogP contribution is 2.39. The molecule has 0 N–H and O–H groups in total. The summed E-state index contributed by atoms with van der Waals surface area (Å²) in [6, 6.07) is 22.6. The second kappa shape index (κ2) is 9.06. The number of fused-ring (bicyclic) bond motifs is 1. The molecule has 0 saturated heterocycles. The number of ether oxygens (including phenoxy) is 2. The Hall–Kier alpha value is -4.06. The highest BCUT2D eigenvalue weighted by atomic mass is 16.5. The second-order valence-electron chi connectivity index (χ2n) is 8.24. The van der Waals surface area contributed by atoms with Crippen molar-refractivity contribution in [2.45, 2.75) is 19.9 Å². The first-order chi connectivity index (χ1) is 16.6. The van der Waals surface area contributed by atoms with E-state index in [1.54, 1.807) is 31.4 Å². The molecule has 5 rings (SSSR count). The molecular formula is C28H26N2O4. The predicted molar refractivity (Wildman–Crippen MR) is 131 cm³/mol. The van der Waals surface area contributed by atoms with Gasteiger partial charge in [-0.15, -0.1) is 0 Å². The van der Waals surface area contributed by atoms with E-state index in [4.69, 9.17) is 9.47 Å². The molecule has 34 heavy (non-hydrogen) atoms. The number of methoxy groups -OCH3 is 1. The third-order valence-corrected chi connectivity index (χ3v) is 6.29. The van der Waals surface area contributed by atoms with Gasteiger partial charge in [-0.25, -0.2) is 4.90 Å². The van der Waals surface area contributed by atoms with Crippen LogP contribution in [-0.2, 0) is 22.6 Å². The Morgan fingerprint density at radius 3 is 2.29 bits per heavy atom. The maximum Gasteiger partial charge on any atom is 0.282 e. The van der Waals surface area contributed by atoms with Crippen molar-refractivity contribution < 1.29 is 19.1 Å². The molecule has 2 aliphatic rings. The molecule has 3 aromatic carbocycles. The lowest BCUT2D eigenvalue weighted by atomic mass is 9.97. The van der Waals surface area contributed by atoms with Crippen molar-refractivity contribution in [2.75, 3.05) is 25.2 Å². The van der Waals surface area contributed by atoms with Crippen LogP contribution in [0.3, 0.4) is 0 Å². The molecule has 0 aliphatic carbocycles. The number of hydrogen-bond donors (Lipinski definition) is 0. The summed E-state index contributed by atoms with van der Waals surface area (Å²) in [4.78, 5) is 31.0. The number of carbonyl (C=O) groups excluding carboxylic acids is 2. The zero-order valence-corrected chi connectivity index (χ0v) is 19.3. The predicted octanol–water partition coefficient (Wildman–Crippen LogP) is 4.44. The first kappa shape index (κ1) is 21.8. The number of nitrogens with zero attached hydrogens (tertiary/aromatic N) is 2. The number of amides is 2. The van der Waals surface area contributed by atoms with Gasteiger partial charge in [0.1, 0.15) is 17.2 Å². The average molecular weight is 455 g/mol. The van der Waals surface area contributed by atoms with Crippen LogP contribution in [0.15, 0.2) is 78.5 Å². The molecular weight excluding hydrogens is 428 g/mol. The van der Waals surface area contributed by atoms with E-state index in [2.05, 4.69) is 12.1 Å². The Morgan fingerprint density at radius 2 is 1.56 bits per heavy atom. The molecule has 2 heterocycles. The largest absolute Gasteiger partial charge is 0.496 e. The number of carbonyl (C=O) groups is 2. The first-order valence-electron chi connectivity index (χ1n) is 11.4. The minimum Gasteiger partial charge on any atom is -0.496 e. The maximum absolute atomic E-state index is 13.9. The summed E-state index contributed by atoms with van der Waals surface area (Å²) in [5.74, 6) is 0.570. The van der Waals surface area contributed by atoms with Crippen LogP contribution in [0.1, 0.15) is 23.6 Å². The fraction of sp³-hybridized carbons (Fsp3) is 0.214. The molecule has 0 radical (unpaired) electrons. The van der Waals surface area contributed by atoms with E-state index in [-0.39, 0.29) is 11.8 Å². The highest BCUT2D eigenvalue weighted by molar-refractivity contribution is 6.45. The van der Waals surface area contributed by atoms with Crippen molar-refractivity contribution in [3.63, 3.8) is 0 Å². The molecule has 2 aliphatic heterocycles. The van der Waals surface area contributed by atoms with E-state index >= 15 is 0 Å². The van der Waals surface area contributed by atoms with E-state index in [1.165, 1.54) is 16.0 Å². The summed E-state index contributed by atoms with van der Waals surface area (Å²) in [6.45, 7) is 3.68. The molecule has 0 atom stereocenters. The lowest BCUT2D eigenvalue weighted by Gasteiger charge is -2.31. The van der Waals surface area contributed by atoms with Gasteiger partial charge in [-0.3, -0.25) is 9.59 Å². The number of anilines is 1. The van der Waals surface area contributed by atoms with Gasteiger partial charge in [0.25, 0.3) is 11.8 Å². The number of hydrogen-bond acceptors (Lipinski definition) is 5. The third-order valence-electron chi connectivity index (χ3n) is 6.29. The Kier molecular flexibility index (Phi) is 5.80. The van der Waals surface area contributed by atoms with Crippen molar-refractivity contribution in [2.24, 2.45) is 0 Å². The van der Waals surface area contributed by atoms with Gasteiger partial charge < -0.3 is 14.4 Å². The number of rotatable bonds is 6. The van der Waals surface area contributed by atoms with Gasteiger partial charge in [0.15, 0.2) is 0 Å². The van der Waals surface area contributed by atoms with E-state index in [9.17, 15) is 9.59 Å². The molecule has 0 bridgehead atoms. The lowest BCUT2D eigenvalue weighted by molar-refractivity contribution is -0.120. The van der Waals surface area contributed by atoms with E-state index in [1.807, 2.05) is 48.2 Å². The minimum atomic E-state index is -0.354. The topological polar surface area (TPSA) is 59.1 Å². The number of benzene rings is 3. The van der Waals surface area contributed by atoms with Crippen LogP contribution in [0, 0.1) is 0 Å². The fourth-order valence-electron chi connectivity index (χ4n) is 4.68. The van der Waals surface area contributed by atoms with Crippen molar-refractivity contribution in [1.82, 2.24) is 4.90 Å². The molecule has 0 spiro atoms. The quantitative estimate of drug-likeness (QED) is 0.516. The summed E-state index contributed by atoms with van der Waals surface area (Å²) in [7, 11) is 1.57.